The molecule has 0 saturated carbocycles. The van der Waals surface area contributed by atoms with Gasteiger partial charge in [0.1, 0.15) is 0 Å². The zero-order valence-corrected chi connectivity index (χ0v) is 12.6. The van der Waals surface area contributed by atoms with Gasteiger partial charge in [-0.2, -0.15) is 0 Å². The third-order valence-corrected chi connectivity index (χ3v) is 4.39. The van der Waals surface area contributed by atoms with E-state index in [0.717, 1.165) is 32.7 Å². The first-order valence-electron chi connectivity index (χ1n) is 7.87. The Balaban J connectivity index is 1.89. The highest BCUT2D eigenvalue weighted by molar-refractivity contribution is 4.81. The summed E-state index contributed by atoms with van der Waals surface area (Å²) in [7, 11) is 2.17. The van der Waals surface area contributed by atoms with E-state index in [4.69, 9.17) is 4.74 Å². The third-order valence-electron chi connectivity index (χ3n) is 4.39. The summed E-state index contributed by atoms with van der Waals surface area (Å²) in [5.74, 6) is 0. The molecule has 0 aromatic carbocycles. The van der Waals surface area contributed by atoms with Crippen LogP contribution in [0.15, 0.2) is 0 Å². The first-order chi connectivity index (χ1) is 9.15. The molecular formula is C15H30N2O2. The van der Waals surface area contributed by atoms with Gasteiger partial charge in [-0.1, -0.05) is 12.8 Å². The molecule has 0 amide bonds. The number of hydrogen-bond donors (Lipinski definition) is 1. The smallest absolute Gasteiger partial charge is 0.0829 e. The number of ether oxygens (including phenoxy) is 1. The molecule has 0 aromatic rings. The zero-order valence-electron chi connectivity index (χ0n) is 12.6. The Labute approximate surface area is 117 Å². The van der Waals surface area contributed by atoms with E-state index in [0.29, 0.717) is 12.1 Å². The molecule has 4 heteroatoms. The number of likely N-dealkylation sites (N-methyl/N-ethyl adjacent to an activating group) is 1. The minimum Gasteiger partial charge on any atom is -0.393 e. The Bertz CT molecular complexity index is 261. The maximum atomic E-state index is 9.70. The lowest BCUT2D eigenvalue weighted by atomic mass is 10.0. The predicted molar refractivity (Wildman–Crippen MR) is 77.4 cm³/mol. The van der Waals surface area contributed by atoms with Crippen molar-refractivity contribution in [1.82, 2.24) is 9.80 Å². The molecule has 2 aliphatic rings. The van der Waals surface area contributed by atoms with Crippen LogP contribution in [0.5, 0.6) is 0 Å². The summed E-state index contributed by atoms with van der Waals surface area (Å²) >= 11 is 0. The second kappa shape index (κ2) is 7.58. The van der Waals surface area contributed by atoms with E-state index >= 15 is 0 Å². The summed E-state index contributed by atoms with van der Waals surface area (Å²) in [6, 6.07) is 0.540. The number of aliphatic hydroxyl groups is 1. The number of aliphatic hydroxyl groups excluding tert-OH is 1. The van der Waals surface area contributed by atoms with Crippen molar-refractivity contribution < 1.29 is 9.84 Å². The van der Waals surface area contributed by atoms with Crippen molar-refractivity contribution in [3.63, 3.8) is 0 Å². The van der Waals surface area contributed by atoms with Crippen LogP contribution in [0.25, 0.3) is 0 Å². The van der Waals surface area contributed by atoms with E-state index < -0.39 is 0 Å². The monoisotopic (exact) mass is 270 g/mol. The molecule has 19 heavy (non-hydrogen) atoms. The molecule has 0 bridgehead atoms. The van der Waals surface area contributed by atoms with Crippen LogP contribution in [0, 0.1) is 0 Å². The number of hydrogen-bond acceptors (Lipinski definition) is 4. The molecule has 2 heterocycles. The molecule has 112 valence electrons. The fraction of sp³-hybridized carbons (Fsp3) is 1.00. The van der Waals surface area contributed by atoms with Crippen molar-refractivity contribution in [1.29, 1.82) is 0 Å². The molecule has 0 spiro atoms. The maximum absolute atomic E-state index is 9.70. The minimum atomic E-state index is -0.194. The van der Waals surface area contributed by atoms with Gasteiger partial charge >= 0.3 is 0 Å². The molecule has 2 aliphatic heterocycles. The van der Waals surface area contributed by atoms with Crippen molar-refractivity contribution in [2.45, 2.75) is 57.3 Å². The lowest BCUT2D eigenvalue weighted by Crippen LogP contribution is -2.49. The average molecular weight is 270 g/mol. The highest BCUT2D eigenvalue weighted by atomic mass is 16.5. The first-order valence-corrected chi connectivity index (χ1v) is 7.87. The van der Waals surface area contributed by atoms with Gasteiger partial charge in [-0.25, -0.2) is 0 Å². The van der Waals surface area contributed by atoms with Gasteiger partial charge in [-0.15, -0.1) is 0 Å². The van der Waals surface area contributed by atoms with Gasteiger partial charge in [0, 0.05) is 25.7 Å². The van der Waals surface area contributed by atoms with E-state index in [2.05, 4.69) is 16.8 Å². The summed E-state index contributed by atoms with van der Waals surface area (Å²) in [5.41, 5.74) is 0. The molecular weight excluding hydrogens is 240 g/mol. The van der Waals surface area contributed by atoms with Gasteiger partial charge in [-0.05, 0) is 39.8 Å². The van der Waals surface area contributed by atoms with Gasteiger partial charge in [0.05, 0.1) is 18.8 Å². The summed E-state index contributed by atoms with van der Waals surface area (Å²) in [6.07, 6.45) is 6.21. The minimum absolute atomic E-state index is 0.194. The van der Waals surface area contributed by atoms with Gasteiger partial charge in [-0.3, -0.25) is 4.90 Å². The Morgan fingerprint density at radius 2 is 2.11 bits per heavy atom. The van der Waals surface area contributed by atoms with Crippen LogP contribution < -0.4 is 0 Å². The first kappa shape index (κ1) is 15.2. The quantitative estimate of drug-likeness (QED) is 0.836. The van der Waals surface area contributed by atoms with Crippen LogP contribution in [0.2, 0.25) is 0 Å². The SMILES string of the molecule is CC(O)CC1CCCCCN1CC1CN(C)CCO1. The molecule has 2 fully saturated rings. The third kappa shape index (κ3) is 5.03. The van der Waals surface area contributed by atoms with Crippen LogP contribution >= 0.6 is 0 Å². The van der Waals surface area contributed by atoms with Crippen molar-refractivity contribution in [2.75, 3.05) is 39.8 Å². The molecule has 3 unspecified atom stereocenters. The number of likely N-dealkylation sites (tertiary alicyclic amines) is 1. The van der Waals surface area contributed by atoms with Crippen LogP contribution in [0.4, 0.5) is 0 Å². The van der Waals surface area contributed by atoms with E-state index in [1.807, 2.05) is 6.92 Å². The van der Waals surface area contributed by atoms with Crippen LogP contribution in [0.1, 0.15) is 39.0 Å². The van der Waals surface area contributed by atoms with E-state index in [1.54, 1.807) is 0 Å². The topological polar surface area (TPSA) is 35.9 Å². The normalized spacial score (nSPS) is 33.0. The Morgan fingerprint density at radius 1 is 1.26 bits per heavy atom. The summed E-state index contributed by atoms with van der Waals surface area (Å²) in [4.78, 5) is 4.93. The molecule has 1 N–H and O–H groups in total. The molecule has 2 rings (SSSR count). The van der Waals surface area contributed by atoms with E-state index in [-0.39, 0.29) is 6.10 Å². The molecule has 3 atom stereocenters. The second-order valence-corrected chi connectivity index (χ2v) is 6.34. The summed E-state index contributed by atoms with van der Waals surface area (Å²) in [6.45, 7) is 7.05. The lowest BCUT2D eigenvalue weighted by molar-refractivity contribution is -0.0436. The fourth-order valence-corrected chi connectivity index (χ4v) is 3.38. The highest BCUT2D eigenvalue weighted by Crippen LogP contribution is 2.21. The Kier molecular flexibility index (Phi) is 6.07. The van der Waals surface area contributed by atoms with Gasteiger partial charge in [0.2, 0.25) is 0 Å². The average Bonchev–Trinajstić information content (AvgIpc) is 2.55. The summed E-state index contributed by atoms with van der Waals surface area (Å²) in [5, 5.41) is 9.70. The highest BCUT2D eigenvalue weighted by Gasteiger charge is 2.27. The van der Waals surface area contributed by atoms with E-state index in [9.17, 15) is 5.11 Å². The van der Waals surface area contributed by atoms with Crippen LogP contribution in [0.3, 0.4) is 0 Å². The molecule has 4 nitrogen and oxygen atoms in total. The Morgan fingerprint density at radius 3 is 2.84 bits per heavy atom. The zero-order chi connectivity index (χ0) is 13.7. The van der Waals surface area contributed by atoms with Crippen molar-refractivity contribution in [2.24, 2.45) is 0 Å². The standard InChI is InChI=1S/C15H30N2O2/c1-13(18)10-14-6-4-3-5-7-17(14)12-15-11-16(2)8-9-19-15/h13-15,18H,3-12H2,1-2H3. The summed E-state index contributed by atoms with van der Waals surface area (Å²) < 4.78 is 5.90. The number of rotatable bonds is 4. The molecule has 0 radical (unpaired) electrons. The van der Waals surface area contributed by atoms with Gasteiger partial charge in [0.25, 0.3) is 0 Å². The largest absolute Gasteiger partial charge is 0.393 e. The van der Waals surface area contributed by atoms with E-state index in [1.165, 1.54) is 32.2 Å². The fourth-order valence-electron chi connectivity index (χ4n) is 3.38. The van der Waals surface area contributed by atoms with Crippen LogP contribution in [-0.2, 0) is 4.74 Å². The number of morpholine rings is 1. The molecule has 0 aromatic heterocycles. The van der Waals surface area contributed by atoms with Crippen LogP contribution in [-0.4, -0.2) is 73.0 Å². The molecule has 2 saturated heterocycles. The van der Waals surface area contributed by atoms with Crippen molar-refractivity contribution in [3.8, 4) is 0 Å². The lowest BCUT2D eigenvalue weighted by Gasteiger charge is -2.37. The Hall–Kier alpha value is -0.160. The van der Waals surface area contributed by atoms with Crippen molar-refractivity contribution >= 4 is 0 Å². The number of nitrogens with zero attached hydrogens (tertiary/aromatic N) is 2. The van der Waals surface area contributed by atoms with Gasteiger partial charge < -0.3 is 14.7 Å². The predicted octanol–water partition coefficient (Wildman–Crippen LogP) is 1.33. The van der Waals surface area contributed by atoms with Crippen molar-refractivity contribution in [3.05, 3.63) is 0 Å². The van der Waals surface area contributed by atoms with Gasteiger partial charge in [0.15, 0.2) is 0 Å². The molecule has 0 aliphatic carbocycles. The maximum Gasteiger partial charge on any atom is 0.0829 e. The second-order valence-electron chi connectivity index (χ2n) is 6.34.